The molecule has 1 N–H and O–H groups in total. The zero-order chi connectivity index (χ0) is 21.1. The van der Waals surface area contributed by atoms with E-state index < -0.39 is 17.6 Å². The van der Waals surface area contributed by atoms with Gasteiger partial charge in [-0.15, -0.1) is 10.2 Å². The van der Waals surface area contributed by atoms with Crippen molar-refractivity contribution in [1.82, 2.24) is 25.6 Å². The Labute approximate surface area is 167 Å². The predicted octanol–water partition coefficient (Wildman–Crippen LogP) is 2.24. The van der Waals surface area contributed by atoms with Gasteiger partial charge in [-0.3, -0.25) is 4.79 Å². The molecule has 0 saturated carbocycles. The van der Waals surface area contributed by atoms with Crippen molar-refractivity contribution < 1.29 is 27.4 Å². The van der Waals surface area contributed by atoms with Crippen LogP contribution in [-0.2, 0) is 17.5 Å². The molecule has 1 aromatic heterocycles. The first-order valence-corrected chi connectivity index (χ1v) is 8.55. The average Bonchev–Trinajstić information content (AvgIpc) is 3.36. The molecule has 154 valence electrons. The maximum absolute atomic E-state index is 12.8. The average molecular weight is 418 g/mol. The number of hydrogen-bond donors (Lipinski definition) is 1. The first kappa shape index (κ1) is 19.4. The van der Waals surface area contributed by atoms with E-state index >= 15 is 0 Å². The highest BCUT2D eigenvalue weighted by Gasteiger charge is 2.30. The van der Waals surface area contributed by atoms with E-state index in [-0.39, 0.29) is 24.7 Å². The molecule has 1 aliphatic rings. The van der Waals surface area contributed by atoms with Crippen molar-refractivity contribution in [1.29, 1.82) is 0 Å². The van der Waals surface area contributed by atoms with Crippen molar-refractivity contribution in [3.05, 3.63) is 53.6 Å². The molecule has 2 aromatic carbocycles. The largest absolute Gasteiger partial charge is 0.454 e. The summed E-state index contributed by atoms with van der Waals surface area (Å²) >= 11 is 0. The quantitative estimate of drug-likeness (QED) is 0.504. The van der Waals surface area contributed by atoms with E-state index in [1.807, 2.05) is 0 Å². The molecule has 0 radical (unpaired) electrons. The van der Waals surface area contributed by atoms with Crippen molar-refractivity contribution in [2.24, 2.45) is 5.10 Å². The molecule has 1 amide bonds. The summed E-state index contributed by atoms with van der Waals surface area (Å²) < 4.78 is 48.9. The third-order valence-electron chi connectivity index (χ3n) is 3.99. The summed E-state index contributed by atoms with van der Waals surface area (Å²) in [5.74, 6) is 0.641. The van der Waals surface area contributed by atoms with Gasteiger partial charge in [0.25, 0.3) is 5.91 Å². The van der Waals surface area contributed by atoms with Gasteiger partial charge in [-0.25, -0.2) is 5.43 Å². The van der Waals surface area contributed by atoms with Gasteiger partial charge in [0.15, 0.2) is 11.5 Å². The molecule has 0 bridgehead atoms. The second-order valence-electron chi connectivity index (χ2n) is 6.13. The van der Waals surface area contributed by atoms with Gasteiger partial charge in [0.2, 0.25) is 12.6 Å². The van der Waals surface area contributed by atoms with Crippen LogP contribution in [0.1, 0.15) is 11.1 Å². The number of benzene rings is 2. The number of carbonyl (C=O) groups excluding carboxylic acids is 1. The van der Waals surface area contributed by atoms with Crippen LogP contribution in [-0.4, -0.2) is 39.1 Å². The summed E-state index contributed by atoms with van der Waals surface area (Å²) in [6, 6.07) is 9.70. The van der Waals surface area contributed by atoms with Crippen molar-refractivity contribution in [2.45, 2.75) is 12.7 Å². The van der Waals surface area contributed by atoms with E-state index in [2.05, 4.69) is 25.9 Å². The number of alkyl halides is 3. The lowest BCUT2D eigenvalue weighted by molar-refractivity contribution is -0.137. The summed E-state index contributed by atoms with van der Waals surface area (Å²) in [6.07, 6.45) is -3.06. The molecule has 0 atom stereocenters. The summed E-state index contributed by atoms with van der Waals surface area (Å²) in [6.45, 7) is -0.162. The van der Waals surface area contributed by atoms with E-state index in [1.165, 1.54) is 18.3 Å². The molecule has 0 unspecified atom stereocenters. The Bertz CT molecular complexity index is 1110. The molecule has 0 aliphatic carbocycles. The molecular weight excluding hydrogens is 405 g/mol. The van der Waals surface area contributed by atoms with E-state index in [1.54, 1.807) is 18.2 Å². The number of nitrogens with zero attached hydrogens (tertiary/aromatic N) is 5. The van der Waals surface area contributed by atoms with Crippen LogP contribution in [0.15, 0.2) is 47.6 Å². The van der Waals surface area contributed by atoms with Crippen LogP contribution in [0, 0.1) is 0 Å². The van der Waals surface area contributed by atoms with Crippen LogP contribution in [0.4, 0.5) is 13.2 Å². The number of hydrazone groups is 1. The molecule has 30 heavy (non-hydrogen) atoms. The highest BCUT2D eigenvalue weighted by atomic mass is 19.4. The van der Waals surface area contributed by atoms with E-state index in [9.17, 15) is 18.0 Å². The molecule has 3 aromatic rings. The van der Waals surface area contributed by atoms with Gasteiger partial charge in [-0.2, -0.15) is 23.1 Å². The number of hydrogen-bond acceptors (Lipinski definition) is 7. The Morgan fingerprint density at radius 1 is 1.20 bits per heavy atom. The Kier molecular flexibility index (Phi) is 5.04. The number of halogens is 3. The van der Waals surface area contributed by atoms with Crippen LogP contribution < -0.4 is 14.9 Å². The lowest BCUT2D eigenvalue weighted by Crippen LogP contribution is -2.24. The van der Waals surface area contributed by atoms with Gasteiger partial charge in [0.1, 0.15) is 6.54 Å². The van der Waals surface area contributed by atoms with E-state index in [0.717, 1.165) is 16.9 Å². The summed E-state index contributed by atoms with van der Waals surface area (Å²) in [5, 5.41) is 15.1. The smallest absolute Gasteiger partial charge is 0.416 e. The zero-order valence-corrected chi connectivity index (χ0v) is 15.1. The van der Waals surface area contributed by atoms with Gasteiger partial charge in [0.05, 0.1) is 11.8 Å². The second-order valence-corrected chi connectivity index (χ2v) is 6.13. The maximum Gasteiger partial charge on any atom is 0.416 e. The highest BCUT2D eigenvalue weighted by molar-refractivity contribution is 5.83. The SMILES string of the molecule is O=C(Cn1nnc(-c2cccc(C(F)(F)F)c2)n1)NN=Cc1ccc2c(c1)OCO2. The van der Waals surface area contributed by atoms with Gasteiger partial charge in [0, 0.05) is 5.56 Å². The number of tetrazole rings is 1. The van der Waals surface area contributed by atoms with Crippen molar-refractivity contribution in [2.75, 3.05) is 6.79 Å². The van der Waals surface area contributed by atoms with Crippen molar-refractivity contribution >= 4 is 12.1 Å². The minimum Gasteiger partial charge on any atom is -0.454 e. The molecule has 4 rings (SSSR count). The molecule has 0 fully saturated rings. The first-order valence-electron chi connectivity index (χ1n) is 8.55. The highest BCUT2D eigenvalue weighted by Crippen LogP contribution is 2.32. The number of amides is 1. The number of aromatic nitrogens is 4. The molecule has 9 nitrogen and oxygen atoms in total. The maximum atomic E-state index is 12.8. The zero-order valence-electron chi connectivity index (χ0n) is 15.1. The molecule has 12 heteroatoms. The summed E-state index contributed by atoms with van der Waals surface area (Å²) in [5.41, 5.74) is 2.30. The Balaban J connectivity index is 1.36. The fourth-order valence-electron chi connectivity index (χ4n) is 2.60. The van der Waals surface area contributed by atoms with Crippen molar-refractivity contribution in [3.8, 4) is 22.9 Å². The number of rotatable bonds is 5. The molecule has 2 heterocycles. The topological polar surface area (TPSA) is 104 Å². The van der Waals surface area contributed by atoms with Gasteiger partial charge in [-0.05, 0) is 41.1 Å². The molecule has 0 saturated heterocycles. The lowest BCUT2D eigenvalue weighted by Gasteiger charge is -2.06. The molecular formula is C18H13F3N6O3. The third kappa shape index (κ3) is 4.37. The number of carbonyl (C=O) groups is 1. The third-order valence-corrected chi connectivity index (χ3v) is 3.99. The number of ether oxygens (including phenoxy) is 2. The summed E-state index contributed by atoms with van der Waals surface area (Å²) in [4.78, 5) is 12.9. The molecule has 0 spiro atoms. The van der Waals surface area contributed by atoms with E-state index in [0.29, 0.717) is 17.1 Å². The Hall–Kier alpha value is -3.96. The van der Waals surface area contributed by atoms with Crippen LogP contribution in [0.3, 0.4) is 0 Å². The fraction of sp³-hybridized carbons (Fsp3) is 0.167. The Morgan fingerprint density at radius 3 is 2.87 bits per heavy atom. The lowest BCUT2D eigenvalue weighted by atomic mass is 10.1. The van der Waals surface area contributed by atoms with Gasteiger partial charge < -0.3 is 9.47 Å². The van der Waals surface area contributed by atoms with Crippen LogP contribution >= 0.6 is 0 Å². The minimum atomic E-state index is -4.48. The monoisotopic (exact) mass is 418 g/mol. The van der Waals surface area contributed by atoms with Crippen LogP contribution in [0.25, 0.3) is 11.4 Å². The van der Waals surface area contributed by atoms with Crippen LogP contribution in [0.5, 0.6) is 11.5 Å². The predicted molar refractivity (Wildman–Crippen MR) is 96.6 cm³/mol. The Morgan fingerprint density at radius 2 is 2.03 bits per heavy atom. The molecule has 1 aliphatic heterocycles. The number of fused-ring (bicyclic) bond motifs is 1. The minimum absolute atomic E-state index is 0.0299. The van der Waals surface area contributed by atoms with Crippen LogP contribution in [0.2, 0.25) is 0 Å². The van der Waals surface area contributed by atoms with Crippen molar-refractivity contribution in [3.63, 3.8) is 0 Å². The fourth-order valence-corrected chi connectivity index (χ4v) is 2.60. The van der Waals surface area contributed by atoms with Gasteiger partial charge in [-0.1, -0.05) is 12.1 Å². The standard InChI is InChI=1S/C18H13F3N6O3/c19-18(20,21)13-3-1-2-12(7-13)17-24-26-27(25-17)9-16(28)23-22-8-11-4-5-14-15(6-11)30-10-29-14/h1-8H,9-10H2,(H,23,28). The van der Waals surface area contributed by atoms with Gasteiger partial charge >= 0.3 is 6.18 Å². The summed E-state index contributed by atoms with van der Waals surface area (Å²) in [7, 11) is 0. The van der Waals surface area contributed by atoms with E-state index in [4.69, 9.17) is 9.47 Å². The first-order chi connectivity index (χ1) is 14.4. The second kappa shape index (κ2) is 7.81. The number of nitrogens with one attached hydrogen (secondary N) is 1. The normalized spacial score (nSPS) is 13.0.